The second-order valence-corrected chi connectivity index (χ2v) is 3.90. The molecule has 0 aromatic heterocycles. The Morgan fingerprint density at radius 1 is 1.64 bits per heavy atom. The number of aliphatic hydroxyl groups is 1. The molecule has 1 rings (SSSR count). The van der Waals surface area contributed by atoms with Gasteiger partial charge in [-0.3, -0.25) is 4.79 Å². The monoisotopic (exact) mass is 200 g/mol. The summed E-state index contributed by atoms with van der Waals surface area (Å²) in [7, 11) is 1.82. The van der Waals surface area contributed by atoms with Crippen molar-refractivity contribution < 1.29 is 9.90 Å². The minimum absolute atomic E-state index is 0.186. The molecule has 0 bridgehead atoms. The van der Waals surface area contributed by atoms with E-state index in [4.69, 9.17) is 0 Å². The zero-order valence-corrected chi connectivity index (χ0v) is 9.07. The summed E-state index contributed by atoms with van der Waals surface area (Å²) < 4.78 is 0. The Balaban J connectivity index is 2.17. The third kappa shape index (κ3) is 3.27. The molecule has 1 aliphatic rings. The number of hydrogen-bond acceptors (Lipinski definition) is 3. The number of rotatable bonds is 4. The highest BCUT2D eigenvalue weighted by Gasteiger charge is 2.20. The number of nitrogens with zero attached hydrogens (tertiary/aromatic N) is 2. The lowest BCUT2D eigenvalue weighted by atomic mass is 10.3. The Hall–Kier alpha value is -0.610. The van der Waals surface area contributed by atoms with Crippen LogP contribution < -0.4 is 0 Å². The normalized spacial score (nSPS) is 22.6. The third-order valence-corrected chi connectivity index (χ3v) is 2.79. The van der Waals surface area contributed by atoms with Crippen molar-refractivity contribution in [1.29, 1.82) is 0 Å². The van der Waals surface area contributed by atoms with Gasteiger partial charge in [0.05, 0.1) is 6.10 Å². The topological polar surface area (TPSA) is 43.8 Å². The average Bonchev–Trinajstić information content (AvgIpc) is 2.59. The summed E-state index contributed by atoms with van der Waals surface area (Å²) >= 11 is 0. The molecular formula is C10H20N2O2. The molecule has 1 saturated heterocycles. The summed E-state index contributed by atoms with van der Waals surface area (Å²) in [6.45, 7) is 5.16. The highest BCUT2D eigenvalue weighted by atomic mass is 16.3. The number of amides is 1. The highest BCUT2D eigenvalue weighted by Crippen LogP contribution is 2.08. The molecule has 14 heavy (non-hydrogen) atoms. The van der Waals surface area contributed by atoms with Crippen molar-refractivity contribution in [3.05, 3.63) is 0 Å². The fourth-order valence-electron chi connectivity index (χ4n) is 1.64. The molecule has 1 aliphatic heterocycles. The SMILES string of the molecule is CCN(C)C(=O)CCN1CC[C@H](O)C1. The van der Waals surface area contributed by atoms with Gasteiger partial charge in [0.25, 0.3) is 0 Å². The molecule has 0 spiro atoms. The number of hydrogen-bond donors (Lipinski definition) is 1. The molecule has 0 radical (unpaired) electrons. The van der Waals surface area contributed by atoms with E-state index < -0.39 is 0 Å². The quantitative estimate of drug-likeness (QED) is 0.690. The van der Waals surface area contributed by atoms with Crippen LogP contribution in [0.5, 0.6) is 0 Å². The van der Waals surface area contributed by atoms with Crippen LogP contribution in [0.2, 0.25) is 0 Å². The summed E-state index contributed by atoms with van der Waals surface area (Å²) in [5.41, 5.74) is 0. The van der Waals surface area contributed by atoms with Crippen LogP contribution in [0.4, 0.5) is 0 Å². The van der Waals surface area contributed by atoms with Crippen molar-refractivity contribution in [3.8, 4) is 0 Å². The lowest BCUT2D eigenvalue weighted by Crippen LogP contribution is -2.31. The van der Waals surface area contributed by atoms with Crippen molar-refractivity contribution in [2.45, 2.75) is 25.9 Å². The van der Waals surface area contributed by atoms with Crippen LogP contribution >= 0.6 is 0 Å². The van der Waals surface area contributed by atoms with Gasteiger partial charge in [0, 0.05) is 39.6 Å². The summed E-state index contributed by atoms with van der Waals surface area (Å²) in [5.74, 6) is 0.189. The van der Waals surface area contributed by atoms with Crippen LogP contribution in [0, 0.1) is 0 Å². The maximum absolute atomic E-state index is 11.4. The molecule has 4 nitrogen and oxygen atoms in total. The molecule has 1 atom stereocenters. The third-order valence-electron chi connectivity index (χ3n) is 2.79. The zero-order valence-electron chi connectivity index (χ0n) is 9.07. The summed E-state index contributed by atoms with van der Waals surface area (Å²) in [5, 5.41) is 9.28. The Morgan fingerprint density at radius 2 is 2.36 bits per heavy atom. The molecule has 0 aromatic rings. The number of likely N-dealkylation sites (tertiary alicyclic amines) is 1. The van der Waals surface area contributed by atoms with Crippen molar-refractivity contribution in [2.75, 3.05) is 33.2 Å². The van der Waals surface area contributed by atoms with Crippen LogP contribution in [0.25, 0.3) is 0 Å². The summed E-state index contributed by atoms with van der Waals surface area (Å²) in [6.07, 6.45) is 1.23. The Labute approximate surface area is 85.5 Å². The molecule has 1 fully saturated rings. The van der Waals surface area contributed by atoms with Crippen LogP contribution in [-0.4, -0.2) is 60.1 Å². The lowest BCUT2D eigenvalue weighted by Gasteiger charge is -2.18. The molecule has 0 unspecified atom stereocenters. The maximum Gasteiger partial charge on any atom is 0.223 e. The molecule has 0 aromatic carbocycles. The van der Waals surface area contributed by atoms with Crippen molar-refractivity contribution in [3.63, 3.8) is 0 Å². The Morgan fingerprint density at radius 3 is 2.86 bits per heavy atom. The van der Waals surface area contributed by atoms with E-state index in [1.54, 1.807) is 4.90 Å². The number of aliphatic hydroxyl groups excluding tert-OH is 1. The van der Waals surface area contributed by atoms with E-state index in [1.807, 2.05) is 14.0 Å². The molecule has 0 saturated carbocycles. The van der Waals surface area contributed by atoms with Crippen LogP contribution in [0.15, 0.2) is 0 Å². The Bertz CT molecular complexity index is 197. The number of β-amino-alcohol motifs (C(OH)–C–C–N with tert-alkyl or cyclic N) is 1. The van der Waals surface area contributed by atoms with E-state index in [-0.39, 0.29) is 12.0 Å². The van der Waals surface area contributed by atoms with Crippen LogP contribution in [-0.2, 0) is 4.79 Å². The molecule has 0 aliphatic carbocycles. The van der Waals surface area contributed by atoms with E-state index in [0.717, 1.165) is 32.6 Å². The average molecular weight is 200 g/mol. The first kappa shape index (κ1) is 11.5. The second-order valence-electron chi connectivity index (χ2n) is 3.90. The first-order valence-electron chi connectivity index (χ1n) is 5.28. The maximum atomic E-state index is 11.4. The van der Waals surface area contributed by atoms with Crippen molar-refractivity contribution in [2.24, 2.45) is 0 Å². The van der Waals surface area contributed by atoms with Crippen LogP contribution in [0.3, 0.4) is 0 Å². The lowest BCUT2D eigenvalue weighted by molar-refractivity contribution is -0.130. The summed E-state index contributed by atoms with van der Waals surface area (Å²) in [4.78, 5) is 15.3. The standard InChI is InChI=1S/C10H20N2O2/c1-3-11(2)10(14)5-7-12-6-4-9(13)8-12/h9,13H,3-8H2,1-2H3/t9-/m0/s1. The summed E-state index contributed by atoms with van der Waals surface area (Å²) in [6, 6.07) is 0. The molecule has 82 valence electrons. The zero-order chi connectivity index (χ0) is 10.6. The fraction of sp³-hybridized carbons (Fsp3) is 0.900. The van der Waals surface area contributed by atoms with E-state index in [2.05, 4.69) is 4.90 Å². The van der Waals surface area contributed by atoms with E-state index in [9.17, 15) is 9.90 Å². The second kappa shape index (κ2) is 5.32. The van der Waals surface area contributed by atoms with Gasteiger partial charge < -0.3 is 14.9 Å². The van der Waals surface area contributed by atoms with Gasteiger partial charge in [-0.1, -0.05) is 0 Å². The minimum atomic E-state index is -0.186. The van der Waals surface area contributed by atoms with Gasteiger partial charge in [-0.25, -0.2) is 0 Å². The Kier molecular flexibility index (Phi) is 4.35. The minimum Gasteiger partial charge on any atom is -0.392 e. The first-order chi connectivity index (χ1) is 6.63. The van der Waals surface area contributed by atoms with Gasteiger partial charge in [-0.2, -0.15) is 0 Å². The molecule has 1 amide bonds. The number of carbonyl (C=O) groups is 1. The van der Waals surface area contributed by atoms with E-state index in [0.29, 0.717) is 6.42 Å². The van der Waals surface area contributed by atoms with Crippen molar-refractivity contribution in [1.82, 2.24) is 9.80 Å². The van der Waals surface area contributed by atoms with Gasteiger partial charge in [0.15, 0.2) is 0 Å². The smallest absolute Gasteiger partial charge is 0.223 e. The predicted molar refractivity (Wildman–Crippen MR) is 55.0 cm³/mol. The van der Waals surface area contributed by atoms with Gasteiger partial charge in [-0.05, 0) is 13.3 Å². The van der Waals surface area contributed by atoms with Crippen molar-refractivity contribution >= 4 is 5.91 Å². The highest BCUT2D eigenvalue weighted by molar-refractivity contribution is 5.75. The van der Waals surface area contributed by atoms with Gasteiger partial charge in [0.2, 0.25) is 5.91 Å². The fourth-order valence-corrected chi connectivity index (χ4v) is 1.64. The predicted octanol–water partition coefficient (Wildman–Crippen LogP) is -0.0786. The largest absolute Gasteiger partial charge is 0.392 e. The first-order valence-corrected chi connectivity index (χ1v) is 5.28. The van der Waals surface area contributed by atoms with Gasteiger partial charge in [-0.15, -0.1) is 0 Å². The van der Waals surface area contributed by atoms with E-state index >= 15 is 0 Å². The van der Waals surface area contributed by atoms with Gasteiger partial charge in [0.1, 0.15) is 0 Å². The van der Waals surface area contributed by atoms with Gasteiger partial charge >= 0.3 is 0 Å². The number of carbonyl (C=O) groups excluding carboxylic acids is 1. The van der Waals surface area contributed by atoms with Crippen LogP contribution in [0.1, 0.15) is 19.8 Å². The molecule has 1 heterocycles. The molecular weight excluding hydrogens is 180 g/mol. The van der Waals surface area contributed by atoms with E-state index in [1.165, 1.54) is 0 Å². The molecule has 4 heteroatoms. The molecule has 1 N–H and O–H groups in total.